The maximum absolute atomic E-state index is 12.7. The zero-order chi connectivity index (χ0) is 13.6. The van der Waals surface area contributed by atoms with Gasteiger partial charge in [-0.1, -0.05) is 44.2 Å². The molecule has 0 bridgehead atoms. The monoisotopic (exact) mass is 271 g/mol. The summed E-state index contributed by atoms with van der Waals surface area (Å²) in [5, 5.41) is 0.673. The fourth-order valence-electron chi connectivity index (χ4n) is 2.90. The average molecular weight is 271 g/mol. The van der Waals surface area contributed by atoms with Crippen LogP contribution < -0.4 is 5.73 Å². The first-order valence-electron chi connectivity index (χ1n) is 6.52. The van der Waals surface area contributed by atoms with Crippen molar-refractivity contribution in [2.75, 3.05) is 5.73 Å². The van der Waals surface area contributed by atoms with Crippen molar-refractivity contribution in [2.24, 2.45) is 0 Å². The van der Waals surface area contributed by atoms with Crippen LogP contribution in [0.25, 0.3) is 0 Å². The Labute approximate surface area is 117 Å². The molecular weight excluding hydrogens is 254 g/mol. The van der Waals surface area contributed by atoms with Crippen molar-refractivity contribution in [3.05, 3.63) is 51.9 Å². The third-order valence-electron chi connectivity index (χ3n) is 3.93. The molecule has 0 radical (unpaired) electrons. The fourth-order valence-corrected chi connectivity index (χ4v) is 4.15. The Hall–Kier alpha value is -1.61. The van der Waals surface area contributed by atoms with E-state index in [1.807, 2.05) is 30.3 Å². The number of anilines is 1. The highest BCUT2D eigenvalue weighted by atomic mass is 32.1. The number of hydrogen-bond acceptors (Lipinski definition) is 3. The highest BCUT2D eigenvalue weighted by Gasteiger charge is 2.37. The molecular formula is C16H17NOS. The largest absolute Gasteiger partial charge is 0.390 e. The van der Waals surface area contributed by atoms with Crippen LogP contribution in [0.4, 0.5) is 5.00 Å². The van der Waals surface area contributed by atoms with Crippen LogP contribution in [0.15, 0.2) is 30.3 Å². The van der Waals surface area contributed by atoms with Crippen molar-refractivity contribution in [1.82, 2.24) is 0 Å². The minimum atomic E-state index is 0.0588. The predicted octanol–water partition coefficient (Wildman–Crippen LogP) is 3.79. The lowest BCUT2D eigenvalue weighted by molar-refractivity contribution is 0.103. The molecule has 2 N–H and O–H groups in total. The van der Waals surface area contributed by atoms with Crippen LogP contribution in [0, 0.1) is 0 Å². The smallest absolute Gasteiger partial charge is 0.196 e. The van der Waals surface area contributed by atoms with Gasteiger partial charge in [-0.15, -0.1) is 11.3 Å². The first kappa shape index (κ1) is 12.4. The topological polar surface area (TPSA) is 43.1 Å². The summed E-state index contributed by atoms with van der Waals surface area (Å²) in [6.07, 6.45) is 2.14. The van der Waals surface area contributed by atoms with Gasteiger partial charge in [0.25, 0.3) is 0 Å². The number of hydrogen-bond donors (Lipinski definition) is 1. The van der Waals surface area contributed by atoms with Crippen LogP contribution in [-0.4, -0.2) is 5.78 Å². The molecule has 0 fully saturated rings. The second-order valence-electron chi connectivity index (χ2n) is 5.72. The normalized spacial score (nSPS) is 16.3. The number of benzene rings is 1. The van der Waals surface area contributed by atoms with E-state index in [0.717, 1.165) is 24.0 Å². The maximum Gasteiger partial charge on any atom is 0.196 e. The lowest BCUT2D eigenvalue weighted by Crippen LogP contribution is -2.17. The number of nitrogen functional groups attached to an aromatic ring is 1. The number of carbonyl (C=O) groups is 1. The maximum atomic E-state index is 12.7. The van der Waals surface area contributed by atoms with Crippen molar-refractivity contribution >= 4 is 22.1 Å². The molecule has 2 nitrogen and oxygen atoms in total. The second-order valence-corrected chi connectivity index (χ2v) is 6.86. The molecule has 3 heteroatoms. The van der Waals surface area contributed by atoms with Gasteiger partial charge in [0.1, 0.15) is 0 Å². The molecule has 0 spiro atoms. The Morgan fingerprint density at radius 1 is 1.26 bits per heavy atom. The second kappa shape index (κ2) is 4.20. The van der Waals surface area contributed by atoms with Gasteiger partial charge in [-0.3, -0.25) is 4.79 Å². The molecule has 0 saturated heterocycles. The first-order chi connectivity index (χ1) is 9.00. The quantitative estimate of drug-likeness (QED) is 0.845. The van der Waals surface area contributed by atoms with E-state index in [1.165, 1.54) is 10.4 Å². The summed E-state index contributed by atoms with van der Waals surface area (Å²) in [6.45, 7) is 4.40. The van der Waals surface area contributed by atoms with Gasteiger partial charge in [-0.25, -0.2) is 0 Å². The van der Waals surface area contributed by atoms with Gasteiger partial charge in [0.2, 0.25) is 0 Å². The number of carbonyl (C=O) groups excluding carboxylic acids is 1. The van der Waals surface area contributed by atoms with Gasteiger partial charge < -0.3 is 5.73 Å². The van der Waals surface area contributed by atoms with Crippen molar-refractivity contribution in [1.29, 1.82) is 0 Å². The van der Waals surface area contributed by atoms with E-state index >= 15 is 0 Å². The highest BCUT2D eigenvalue weighted by Crippen LogP contribution is 2.47. The molecule has 1 aliphatic rings. The van der Waals surface area contributed by atoms with E-state index in [2.05, 4.69) is 13.8 Å². The molecule has 0 aliphatic heterocycles. The number of aryl methyl sites for hydroxylation is 1. The molecule has 0 atom stereocenters. The predicted molar refractivity (Wildman–Crippen MR) is 80.0 cm³/mol. The van der Waals surface area contributed by atoms with E-state index in [0.29, 0.717) is 5.00 Å². The van der Waals surface area contributed by atoms with Gasteiger partial charge in [0.05, 0.1) is 10.6 Å². The van der Waals surface area contributed by atoms with Crippen LogP contribution in [0.2, 0.25) is 0 Å². The summed E-state index contributed by atoms with van der Waals surface area (Å²) in [4.78, 5) is 14.0. The molecule has 0 unspecified atom stereocenters. The summed E-state index contributed by atoms with van der Waals surface area (Å²) in [6, 6.07) is 9.41. The molecule has 0 amide bonds. The van der Waals surface area contributed by atoms with Crippen LogP contribution in [0.3, 0.4) is 0 Å². The first-order valence-corrected chi connectivity index (χ1v) is 7.34. The van der Waals surface area contributed by atoms with E-state index < -0.39 is 0 Å². The minimum absolute atomic E-state index is 0.0588. The molecule has 1 aromatic heterocycles. The van der Waals surface area contributed by atoms with Gasteiger partial charge in [0.15, 0.2) is 5.78 Å². The Balaban J connectivity index is 2.15. The number of rotatable bonds is 2. The SMILES string of the molecule is CC1(C)CCc2sc(N)c(C(=O)c3ccccc3)c21. The lowest BCUT2D eigenvalue weighted by Gasteiger charge is -2.20. The van der Waals surface area contributed by atoms with Gasteiger partial charge >= 0.3 is 0 Å². The summed E-state index contributed by atoms with van der Waals surface area (Å²) < 4.78 is 0. The third-order valence-corrected chi connectivity index (χ3v) is 5.00. The molecule has 98 valence electrons. The van der Waals surface area contributed by atoms with Crippen molar-refractivity contribution in [3.8, 4) is 0 Å². The van der Waals surface area contributed by atoms with Crippen LogP contribution >= 0.6 is 11.3 Å². The van der Waals surface area contributed by atoms with Crippen molar-refractivity contribution < 1.29 is 4.79 Å². The number of thiophene rings is 1. The highest BCUT2D eigenvalue weighted by molar-refractivity contribution is 7.16. The fraction of sp³-hybridized carbons (Fsp3) is 0.312. The number of ketones is 1. The van der Waals surface area contributed by atoms with Crippen LogP contribution in [0.1, 0.15) is 46.6 Å². The molecule has 1 heterocycles. The lowest BCUT2D eigenvalue weighted by atomic mass is 9.83. The molecule has 1 aliphatic carbocycles. The molecule has 1 aromatic carbocycles. The summed E-state index contributed by atoms with van der Waals surface area (Å²) in [5.74, 6) is 0.0607. The molecule has 19 heavy (non-hydrogen) atoms. The van der Waals surface area contributed by atoms with Crippen LogP contribution in [0.5, 0.6) is 0 Å². The van der Waals surface area contributed by atoms with Crippen LogP contribution in [-0.2, 0) is 11.8 Å². The standard InChI is InChI=1S/C16H17NOS/c1-16(2)9-8-11-13(16)12(15(17)19-11)14(18)10-6-4-3-5-7-10/h3-7H,8-9,17H2,1-2H3. The summed E-state index contributed by atoms with van der Waals surface area (Å²) >= 11 is 1.59. The average Bonchev–Trinajstić information content (AvgIpc) is 2.87. The molecule has 2 aromatic rings. The van der Waals surface area contributed by atoms with Crippen molar-refractivity contribution in [2.45, 2.75) is 32.1 Å². The zero-order valence-corrected chi connectivity index (χ0v) is 12.0. The Bertz CT molecular complexity index is 640. The van der Waals surface area contributed by atoms with E-state index in [-0.39, 0.29) is 11.2 Å². The zero-order valence-electron chi connectivity index (χ0n) is 11.2. The summed E-state index contributed by atoms with van der Waals surface area (Å²) in [5.41, 5.74) is 8.82. The van der Waals surface area contributed by atoms with E-state index in [9.17, 15) is 4.79 Å². The van der Waals surface area contributed by atoms with Gasteiger partial charge in [-0.2, -0.15) is 0 Å². The third kappa shape index (κ3) is 1.89. The number of fused-ring (bicyclic) bond motifs is 1. The van der Waals surface area contributed by atoms with E-state index in [4.69, 9.17) is 5.73 Å². The Kier molecular flexibility index (Phi) is 2.75. The van der Waals surface area contributed by atoms with Crippen molar-refractivity contribution in [3.63, 3.8) is 0 Å². The van der Waals surface area contributed by atoms with Gasteiger partial charge in [-0.05, 0) is 23.8 Å². The molecule has 3 rings (SSSR count). The van der Waals surface area contributed by atoms with E-state index in [1.54, 1.807) is 11.3 Å². The van der Waals surface area contributed by atoms with Gasteiger partial charge in [0, 0.05) is 10.4 Å². The molecule has 0 saturated carbocycles. The Morgan fingerprint density at radius 3 is 2.63 bits per heavy atom. The Morgan fingerprint density at radius 2 is 1.95 bits per heavy atom. The minimum Gasteiger partial charge on any atom is -0.390 e. The number of nitrogens with two attached hydrogens (primary N) is 1. The summed E-state index contributed by atoms with van der Waals surface area (Å²) in [7, 11) is 0.